The number of carbonyl (C=O) groups is 1. The maximum absolute atomic E-state index is 12.7. The van der Waals surface area contributed by atoms with E-state index in [9.17, 15) is 4.79 Å². The van der Waals surface area contributed by atoms with E-state index in [0.717, 1.165) is 42.5 Å². The number of anilines is 1. The van der Waals surface area contributed by atoms with Gasteiger partial charge in [0.05, 0.1) is 5.52 Å². The number of likely N-dealkylation sites (tertiary alicyclic amines) is 1. The van der Waals surface area contributed by atoms with Crippen molar-refractivity contribution in [3.05, 3.63) is 36.0 Å². The van der Waals surface area contributed by atoms with Gasteiger partial charge < -0.3 is 10.2 Å². The van der Waals surface area contributed by atoms with Gasteiger partial charge in [-0.25, -0.2) is 4.98 Å². The molecule has 21 heavy (non-hydrogen) atoms. The molecule has 1 unspecified atom stereocenters. The van der Waals surface area contributed by atoms with Crippen LogP contribution in [0.25, 0.3) is 10.9 Å². The lowest BCUT2D eigenvalue weighted by molar-refractivity contribution is 0.0742. The summed E-state index contributed by atoms with van der Waals surface area (Å²) in [5.74, 6) is 0.0462. The first-order valence-electron chi connectivity index (χ1n) is 7.65. The fraction of sp³-hybridized carbons (Fsp3) is 0.412. The minimum absolute atomic E-state index is 0.0462. The number of aromatic nitrogens is 1. The molecule has 0 spiro atoms. The molecule has 1 saturated heterocycles. The Morgan fingerprint density at radius 3 is 2.95 bits per heavy atom. The van der Waals surface area contributed by atoms with Crippen molar-refractivity contribution in [3.8, 4) is 0 Å². The van der Waals surface area contributed by atoms with Crippen molar-refractivity contribution >= 4 is 22.5 Å². The summed E-state index contributed by atoms with van der Waals surface area (Å²) < 4.78 is 0. The highest BCUT2D eigenvalue weighted by molar-refractivity contribution is 6.00. The molecule has 1 atom stereocenters. The summed E-state index contributed by atoms with van der Waals surface area (Å²) in [6.45, 7) is 5.82. The average molecular weight is 283 g/mol. The number of carbonyl (C=O) groups excluding carboxylic acids is 1. The number of nitrogens with zero attached hydrogens (tertiary/aromatic N) is 2. The fourth-order valence-electron chi connectivity index (χ4n) is 3.00. The van der Waals surface area contributed by atoms with Crippen LogP contribution in [0, 0.1) is 0 Å². The van der Waals surface area contributed by atoms with Gasteiger partial charge in [0.1, 0.15) is 5.69 Å². The van der Waals surface area contributed by atoms with Crippen LogP contribution in [-0.2, 0) is 0 Å². The quantitative estimate of drug-likeness (QED) is 0.940. The zero-order chi connectivity index (χ0) is 14.8. The maximum atomic E-state index is 12.7. The van der Waals surface area contributed by atoms with E-state index in [1.54, 1.807) is 0 Å². The largest absolute Gasteiger partial charge is 0.385 e. The van der Waals surface area contributed by atoms with Gasteiger partial charge in [-0.15, -0.1) is 0 Å². The van der Waals surface area contributed by atoms with Gasteiger partial charge in [-0.1, -0.05) is 18.2 Å². The Bertz CT molecular complexity index is 668. The summed E-state index contributed by atoms with van der Waals surface area (Å²) in [5.41, 5.74) is 2.39. The Morgan fingerprint density at radius 2 is 2.24 bits per heavy atom. The number of pyridine rings is 1. The minimum Gasteiger partial charge on any atom is -0.385 e. The van der Waals surface area contributed by atoms with Crippen molar-refractivity contribution in [1.29, 1.82) is 0 Å². The van der Waals surface area contributed by atoms with Crippen LogP contribution in [0.5, 0.6) is 0 Å². The monoisotopic (exact) mass is 283 g/mol. The van der Waals surface area contributed by atoms with Gasteiger partial charge >= 0.3 is 0 Å². The maximum Gasteiger partial charge on any atom is 0.272 e. The molecule has 1 N–H and O–H groups in total. The van der Waals surface area contributed by atoms with E-state index in [0.29, 0.717) is 11.7 Å². The lowest BCUT2D eigenvalue weighted by Crippen LogP contribution is -2.34. The van der Waals surface area contributed by atoms with Crippen molar-refractivity contribution in [3.63, 3.8) is 0 Å². The van der Waals surface area contributed by atoms with Gasteiger partial charge in [-0.3, -0.25) is 4.79 Å². The Balaban J connectivity index is 2.04. The van der Waals surface area contributed by atoms with Crippen molar-refractivity contribution in [1.82, 2.24) is 9.88 Å². The molecule has 0 saturated carbocycles. The topological polar surface area (TPSA) is 45.2 Å². The van der Waals surface area contributed by atoms with E-state index in [-0.39, 0.29) is 5.91 Å². The second-order valence-electron chi connectivity index (χ2n) is 5.59. The van der Waals surface area contributed by atoms with Crippen LogP contribution >= 0.6 is 0 Å². The van der Waals surface area contributed by atoms with Crippen LogP contribution in [0.3, 0.4) is 0 Å². The summed E-state index contributed by atoms with van der Waals surface area (Å²) in [6.07, 6.45) is 2.17. The van der Waals surface area contributed by atoms with E-state index in [2.05, 4.69) is 24.1 Å². The van der Waals surface area contributed by atoms with Gasteiger partial charge in [0.15, 0.2) is 0 Å². The zero-order valence-corrected chi connectivity index (χ0v) is 12.6. The third-order valence-corrected chi connectivity index (χ3v) is 4.12. The molecule has 1 amide bonds. The van der Waals surface area contributed by atoms with Gasteiger partial charge in [-0.05, 0) is 38.8 Å². The lowest BCUT2D eigenvalue weighted by Gasteiger charge is -2.21. The number of fused-ring (bicyclic) bond motifs is 1. The van der Waals surface area contributed by atoms with Crippen LogP contribution in [0.2, 0.25) is 0 Å². The molecule has 4 nitrogen and oxygen atoms in total. The van der Waals surface area contributed by atoms with E-state index < -0.39 is 0 Å². The molecular weight excluding hydrogens is 262 g/mol. The standard InChI is InChI=1S/C17H21N3O/c1-3-18-15-11-16(17(21)20-10-6-7-12(20)2)19-14-9-5-4-8-13(14)15/h4-5,8-9,11-12H,3,6-7,10H2,1-2H3,(H,18,19). The third-order valence-electron chi connectivity index (χ3n) is 4.12. The highest BCUT2D eigenvalue weighted by atomic mass is 16.2. The molecule has 1 aromatic heterocycles. The van der Waals surface area contributed by atoms with Gasteiger partial charge in [0.25, 0.3) is 5.91 Å². The first-order valence-corrected chi connectivity index (χ1v) is 7.65. The molecule has 1 aliphatic rings. The summed E-state index contributed by atoms with van der Waals surface area (Å²) in [5, 5.41) is 4.40. The van der Waals surface area contributed by atoms with Crippen molar-refractivity contribution in [2.24, 2.45) is 0 Å². The van der Waals surface area contributed by atoms with E-state index in [1.807, 2.05) is 35.2 Å². The molecular formula is C17H21N3O. The molecule has 1 fully saturated rings. The molecule has 0 radical (unpaired) electrons. The number of benzene rings is 1. The highest BCUT2D eigenvalue weighted by Gasteiger charge is 2.27. The number of hydrogen-bond donors (Lipinski definition) is 1. The van der Waals surface area contributed by atoms with Gasteiger partial charge in [-0.2, -0.15) is 0 Å². The molecule has 2 heterocycles. The van der Waals surface area contributed by atoms with Gasteiger partial charge in [0.2, 0.25) is 0 Å². The van der Waals surface area contributed by atoms with Crippen LogP contribution < -0.4 is 5.32 Å². The fourth-order valence-corrected chi connectivity index (χ4v) is 3.00. The highest BCUT2D eigenvalue weighted by Crippen LogP contribution is 2.25. The summed E-state index contributed by atoms with van der Waals surface area (Å²) in [7, 11) is 0. The third kappa shape index (κ3) is 2.58. The second-order valence-corrected chi connectivity index (χ2v) is 5.59. The van der Waals surface area contributed by atoms with E-state index in [4.69, 9.17) is 0 Å². The van der Waals surface area contributed by atoms with Gasteiger partial charge in [0, 0.05) is 30.2 Å². The number of rotatable bonds is 3. The lowest BCUT2D eigenvalue weighted by atomic mass is 10.1. The smallest absolute Gasteiger partial charge is 0.272 e. The Kier molecular flexibility index (Phi) is 3.78. The number of hydrogen-bond acceptors (Lipinski definition) is 3. The first-order chi connectivity index (χ1) is 10.2. The Hall–Kier alpha value is -2.10. The van der Waals surface area contributed by atoms with E-state index in [1.165, 1.54) is 0 Å². The van der Waals surface area contributed by atoms with Crippen LogP contribution in [0.1, 0.15) is 37.2 Å². The molecule has 1 aromatic carbocycles. The van der Waals surface area contributed by atoms with Crippen molar-refractivity contribution in [2.75, 3.05) is 18.4 Å². The minimum atomic E-state index is 0.0462. The number of para-hydroxylation sites is 1. The molecule has 0 aliphatic carbocycles. The average Bonchev–Trinajstić information content (AvgIpc) is 2.93. The first kappa shape index (κ1) is 13.9. The molecule has 110 valence electrons. The van der Waals surface area contributed by atoms with Crippen molar-refractivity contribution < 1.29 is 4.79 Å². The predicted molar refractivity (Wildman–Crippen MR) is 85.6 cm³/mol. The molecule has 3 rings (SSSR count). The summed E-state index contributed by atoms with van der Waals surface area (Å²) >= 11 is 0. The number of amides is 1. The zero-order valence-electron chi connectivity index (χ0n) is 12.6. The molecule has 2 aromatic rings. The predicted octanol–water partition coefficient (Wildman–Crippen LogP) is 3.29. The molecule has 0 bridgehead atoms. The molecule has 4 heteroatoms. The van der Waals surface area contributed by atoms with Crippen LogP contribution in [0.4, 0.5) is 5.69 Å². The SMILES string of the molecule is CCNc1cc(C(=O)N2CCCC2C)nc2ccccc12. The summed E-state index contributed by atoms with van der Waals surface area (Å²) in [4.78, 5) is 19.2. The normalized spacial score (nSPS) is 18.2. The van der Waals surface area contributed by atoms with E-state index >= 15 is 0 Å². The Morgan fingerprint density at radius 1 is 1.43 bits per heavy atom. The second kappa shape index (κ2) is 5.72. The van der Waals surface area contributed by atoms with Crippen LogP contribution in [-0.4, -0.2) is 34.9 Å². The number of nitrogens with one attached hydrogen (secondary N) is 1. The summed E-state index contributed by atoms with van der Waals surface area (Å²) in [6, 6.07) is 10.1. The van der Waals surface area contributed by atoms with Crippen molar-refractivity contribution in [2.45, 2.75) is 32.7 Å². The Labute approximate surface area is 125 Å². The van der Waals surface area contributed by atoms with Crippen LogP contribution in [0.15, 0.2) is 30.3 Å². The molecule has 1 aliphatic heterocycles.